The minimum absolute atomic E-state index is 0.238. The van der Waals surface area contributed by atoms with Crippen molar-refractivity contribution in [3.63, 3.8) is 0 Å². The highest BCUT2D eigenvalue weighted by molar-refractivity contribution is 5.89. The van der Waals surface area contributed by atoms with Crippen LogP contribution in [-0.4, -0.2) is 17.6 Å². The molecule has 4 rings (SSSR count). The zero-order chi connectivity index (χ0) is 24.5. The first-order chi connectivity index (χ1) is 17.1. The smallest absolute Gasteiger partial charge is 0.319 e. The molecule has 5 heteroatoms. The monoisotopic (exact) mass is 464 g/mol. The van der Waals surface area contributed by atoms with E-state index in [1.54, 1.807) is 12.4 Å². The second-order valence-electron chi connectivity index (χ2n) is 9.01. The molecule has 1 heterocycles. The summed E-state index contributed by atoms with van der Waals surface area (Å²) in [5.41, 5.74) is 6.61. The summed E-state index contributed by atoms with van der Waals surface area (Å²) in [7, 11) is 0. The summed E-state index contributed by atoms with van der Waals surface area (Å²) in [4.78, 5) is 18.8. The number of amides is 2. The van der Waals surface area contributed by atoms with E-state index in [4.69, 9.17) is 0 Å². The summed E-state index contributed by atoms with van der Waals surface area (Å²) in [5, 5.41) is 5.78. The van der Waals surface area contributed by atoms with Crippen LogP contribution >= 0.6 is 0 Å². The number of anilines is 2. The Labute approximate surface area is 207 Å². The number of carbonyl (C=O) groups excluding carboxylic acids is 1. The molecule has 0 saturated heterocycles. The number of carbonyl (C=O) groups is 1. The zero-order valence-corrected chi connectivity index (χ0v) is 20.3. The van der Waals surface area contributed by atoms with Crippen molar-refractivity contribution in [2.75, 3.05) is 16.8 Å². The molecule has 3 aromatic carbocycles. The predicted molar refractivity (Wildman–Crippen MR) is 144 cm³/mol. The van der Waals surface area contributed by atoms with E-state index in [1.807, 2.05) is 30.3 Å². The number of nitrogens with zero attached hydrogens (tertiary/aromatic N) is 2. The third-order valence-electron chi connectivity index (χ3n) is 5.72. The van der Waals surface area contributed by atoms with E-state index in [2.05, 4.69) is 95.0 Å². The Kier molecular flexibility index (Phi) is 8.12. The highest BCUT2D eigenvalue weighted by atomic mass is 16.2. The highest BCUT2D eigenvalue weighted by Crippen LogP contribution is 2.27. The first-order valence-corrected chi connectivity index (χ1v) is 12.0. The molecular formula is C30H32N4O. The Morgan fingerprint density at radius 2 is 1.63 bits per heavy atom. The molecule has 2 amide bonds. The number of aromatic nitrogens is 1. The molecule has 0 aliphatic heterocycles. The van der Waals surface area contributed by atoms with Gasteiger partial charge < -0.3 is 15.5 Å². The van der Waals surface area contributed by atoms with Crippen molar-refractivity contribution in [2.24, 2.45) is 5.92 Å². The topological polar surface area (TPSA) is 57.3 Å². The average Bonchev–Trinajstić information content (AvgIpc) is 2.89. The first-order valence-electron chi connectivity index (χ1n) is 12.0. The van der Waals surface area contributed by atoms with E-state index < -0.39 is 0 Å². The number of nitrogens with one attached hydrogen (secondary N) is 2. The minimum atomic E-state index is -0.238. The Bertz CT molecular complexity index is 1210. The largest absolute Gasteiger partial charge is 0.367 e. The van der Waals surface area contributed by atoms with Crippen molar-refractivity contribution in [1.82, 2.24) is 10.3 Å². The Morgan fingerprint density at radius 3 is 2.34 bits per heavy atom. The van der Waals surface area contributed by atoms with Crippen molar-refractivity contribution in [1.29, 1.82) is 0 Å². The van der Waals surface area contributed by atoms with Gasteiger partial charge in [-0.2, -0.15) is 0 Å². The molecule has 0 aliphatic rings. The van der Waals surface area contributed by atoms with Crippen LogP contribution in [-0.2, 0) is 13.1 Å². The minimum Gasteiger partial charge on any atom is -0.367 e. The van der Waals surface area contributed by atoms with Gasteiger partial charge in [-0.05, 0) is 58.5 Å². The number of rotatable bonds is 9. The van der Waals surface area contributed by atoms with E-state index in [0.29, 0.717) is 12.5 Å². The standard InChI is InChI=1S/C30H32N4O/c1-23(2)21-34(22-26-12-6-7-13-29(26)25-10-4-3-5-11-25)28-16-14-27(15-17-28)33-30(35)32-20-24-9-8-18-31-19-24/h3-19,23H,20-22H2,1-2H3,(H2,32,33,35). The maximum atomic E-state index is 12.3. The number of hydrogen-bond acceptors (Lipinski definition) is 3. The highest BCUT2D eigenvalue weighted by Gasteiger charge is 2.13. The van der Waals surface area contributed by atoms with Gasteiger partial charge in [-0.25, -0.2) is 4.79 Å². The molecule has 1 aromatic heterocycles. The lowest BCUT2D eigenvalue weighted by atomic mass is 9.99. The van der Waals surface area contributed by atoms with Gasteiger partial charge in [0.1, 0.15) is 0 Å². The van der Waals surface area contributed by atoms with Crippen LogP contribution in [0, 0.1) is 5.92 Å². The third-order valence-corrected chi connectivity index (χ3v) is 5.72. The Hall–Kier alpha value is -4.12. The molecule has 4 aromatic rings. The lowest BCUT2D eigenvalue weighted by molar-refractivity contribution is 0.251. The third kappa shape index (κ3) is 6.93. The van der Waals surface area contributed by atoms with Crippen LogP contribution < -0.4 is 15.5 Å². The number of hydrogen-bond donors (Lipinski definition) is 2. The maximum Gasteiger partial charge on any atom is 0.319 e. The fourth-order valence-corrected chi connectivity index (χ4v) is 4.08. The molecule has 0 unspecified atom stereocenters. The maximum absolute atomic E-state index is 12.3. The zero-order valence-electron chi connectivity index (χ0n) is 20.3. The van der Waals surface area contributed by atoms with Crippen LogP contribution in [0.1, 0.15) is 25.0 Å². The van der Waals surface area contributed by atoms with E-state index in [0.717, 1.165) is 30.0 Å². The van der Waals surface area contributed by atoms with Gasteiger partial charge in [0.25, 0.3) is 0 Å². The quantitative estimate of drug-likeness (QED) is 0.289. The van der Waals surface area contributed by atoms with E-state index >= 15 is 0 Å². The SMILES string of the molecule is CC(C)CN(Cc1ccccc1-c1ccccc1)c1ccc(NC(=O)NCc2cccnc2)cc1. The molecule has 35 heavy (non-hydrogen) atoms. The van der Waals surface area contributed by atoms with Gasteiger partial charge in [-0.1, -0.05) is 74.5 Å². The van der Waals surface area contributed by atoms with Crippen molar-refractivity contribution < 1.29 is 4.79 Å². The van der Waals surface area contributed by atoms with Crippen LogP contribution in [0.4, 0.5) is 16.2 Å². The second kappa shape index (κ2) is 11.8. The van der Waals surface area contributed by atoms with Crippen molar-refractivity contribution in [2.45, 2.75) is 26.9 Å². The normalized spacial score (nSPS) is 10.7. The van der Waals surface area contributed by atoms with Gasteiger partial charge in [-0.3, -0.25) is 4.98 Å². The van der Waals surface area contributed by atoms with Crippen molar-refractivity contribution >= 4 is 17.4 Å². The van der Waals surface area contributed by atoms with E-state index in [9.17, 15) is 4.79 Å². The summed E-state index contributed by atoms with van der Waals surface area (Å²) in [6.45, 7) is 6.64. The molecule has 0 saturated carbocycles. The number of urea groups is 1. The average molecular weight is 465 g/mol. The van der Waals surface area contributed by atoms with Gasteiger partial charge >= 0.3 is 6.03 Å². The summed E-state index contributed by atoms with van der Waals surface area (Å²) < 4.78 is 0. The van der Waals surface area contributed by atoms with Crippen LogP contribution in [0.15, 0.2) is 103 Å². The lowest BCUT2D eigenvalue weighted by Crippen LogP contribution is -2.28. The first kappa shape index (κ1) is 24.0. The Morgan fingerprint density at radius 1 is 0.886 bits per heavy atom. The van der Waals surface area contributed by atoms with Gasteiger partial charge in [0, 0.05) is 43.4 Å². The number of pyridine rings is 1. The van der Waals surface area contributed by atoms with Crippen LogP contribution in [0.2, 0.25) is 0 Å². The van der Waals surface area contributed by atoms with Crippen LogP contribution in [0.3, 0.4) is 0 Å². The molecular weight excluding hydrogens is 432 g/mol. The molecule has 2 N–H and O–H groups in total. The Balaban J connectivity index is 1.45. The molecule has 0 aliphatic carbocycles. The summed E-state index contributed by atoms with van der Waals surface area (Å²) in [5.74, 6) is 0.509. The summed E-state index contributed by atoms with van der Waals surface area (Å²) in [6, 6.07) is 30.7. The molecule has 0 spiro atoms. The van der Waals surface area contributed by atoms with Gasteiger partial charge in [0.05, 0.1) is 0 Å². The van der Waals surface area contributed by atoms with Crippen molar-refractivity contribution in [3.8, 4) is 11.1 Å². The predicted octanol–water partition coefficient (Wildman–Crippen LogP) is 6.73. The summed E-state index contributed by atoms with van der Waals surface area (Å²) in [6.07, 6.45) is 3.46. The lowest BCUT2D eigenvalue weighted by Gasteiger charge is -2.28. The molecule has 0 atom stereocenters. The van der Waals surface area contributed by atoms with Gasteiger partial charge in [0.2, 0.25) is 0 Å². The molecule has 178 valence electrons. The van der Waals surface area contributed by atoms with Crippen LogP contribution in [0.25, 0.3) is 11.1 Å². The number of benzene rings is 3. The molecule has 5 nitrogen and oxygen atoms in total. The van der Waals surface area contributed by atoms with Crippen LogP contribution in [0.5, 0.6) is 0 Å². The summed E-state index contributed by atoms with van der Waals surface area (Å²) >= 11 is 0. The molecule has 0 bridgehead atoms. The van der Waals surface area contributed by atoms with Gasteiger partial charge in [0.15, 0.2) is 0 Å². The molecule has 0 fully saturated rings. The fraction of sp³-hybridized carbons (Fsp3) is 0.200. The second-order valence-corrected chi connectivity index (χ2v) is 9.01. The fourth-order valence-electron chi connectivity index (χ4n) is 4.08. The van der Waals surface area contributed by atoms with Gasteiger partial charge in [-0.15, -0.1) is 0 Å². The van der Waals surface area contributed by atoms with E-state index in [-0.39, 0.29) is 6.03 Å². The molecule has 0 radical (unpaired) electrons. The van der Waals surface area contributed by atoms with E-state index in [1.165, 1.54) is 16.7 Å². The van der Waals surface area contributed by atoms with Crippen molar-refractivity contribution in [3.05, 3.63) is 115 Å².